The summed E-state index contributed by atoms with van der Waals surface area (Å²) in [5.41, 5.74) is 1.81. The Hall–Kier alpha value is -3.14. The molecule has 1 atom stereocenters. The summed E-state index contributed by atoms with van der Waals surface area (Å²) in [6.07, 6.45) is 1.43. The van der Waals surface area contributed by atoms with Gasteiger partial charge >= 0.3 is 0 Å². The number of fused-ring (bicyclic) bond motifs is 1. The highest BCUT2D eigenvalue weighted by Gasteiger charge is 2.32. The van der Waals surface area contributed by atoms with Crippen LogP contribution < -0.4 is 25.3 Å². The van der Waals surface area contributed by atoms with Gasteiger partial charge in [-0.05, 0) is 37.3 Å². The molecule has 1 saturated heterocycles. The Morgan fingerprint density at radius 1 is 1.20 bits per heavy atom. The van der Waals surface area contributed by atoms with Crippen LogP contribution in [0, 0.1) is 5.82 Å². The summed E-state index contributed by atoms with van der Waals surface area (Å²) < 4.78 is 14.9. The molecule has 3 aromatic rings. The molecule has 11 heteroatoms. The number of benzene rings is 2. The molecule has 182 valence electrons. The number of carbonyl (C=O) groups excluding carboxylic acids is 1. The van der Waals surface area contributed by atoms with Crippen molar-refractivity contribution >= 4 is 57.9 Å². The van der Waals surface area contributed by atoms with Crippen LogP contribution in [0.25, 0.3) is 0 Å². The van der Waals surface area contributed by atoms with Crippen molar-refractivity contribution in [3.8, 4) is 0 Å². The first-order chi connectivity index (χ1) is 16.8. The molecule has 2 aliphatic heterocycles. The largest absolute Gasteiger partial charge is 0.369 e. The molecule has 2 aromatic carbocycles. The van der Waals surface area contributed by atoms with E-state index in [1.54, 1.807) is 36.2 Å². The van der Waals surface area contributed by atoms with Crippen LogP contribution >= 0.6 is 23.2 Å². The zero-order valence-electron chi connectivity index (χ0n) is 19.2. The Morgan fingerprint density at radius 2 is 1.97 bits per heavy atom. The molecule has 2 aliphatic rings. The maximum Gasteiger partial charge on any atom is 0.265 e. The average molecular weight is 516 g/mol. The molecule has 1 aromatic heterocycles. The van der Waals surface area contributed by atoms with E-state index >= 15 is 0 Å². The van der Waals surface area contributed by atoms with Gasteiger partial charge in [0.2, 0.25) is 5.95 Å². The number of rotatable bonds is 4. The number of aromatic nitrogens is 2. The van der Waals surface area contributed by atoms with E-state index in [9.17, 15) is 9.18 Å². The summed E-state index contributed by atoms with van der Waals surface area (Å²) in [5, 5.41) is 7.06. The molecule has 0 saturated carbocycles. The molecule has 3 heterocycles. The normalized spacial score (nSPS) is 18.0. The van der Waals surface area contributed by atoms with E-state index in [1.165, 1.54) is 17.2 Å². The standard InChI is InChI=1S/C24H24Cl2FN7O/c1-14-12-33(9-8-28-14)15-6-7-20(19(27)10-15)30-24-29-11-16-22(31-24)32(2)13-34(23(16)35)21-17(25)4-3-5-18(21)26/h3-7,10-11,14,28H,8-9,12-13H2,1-2H3,(H,29,30,31). The molecule has 0 bridgehead atoms. The van der Waals surface area contributed by atoms with Crippen molar-refractivity contribution in [2.45, 2.75) is 13.0 Å². The Balaban J connectivity index is 1.38. The molecule has 0 spiro atoms. The highest BCUT2D eigenvalue weighted by molar-refractivity contribution is 6.40. The third-order valence-electron chi connectivity index (χ3n) is 6.10. The second-order valence-electron chi connectivity index (χ2n) is 8.66. The number of hydrogen-bond acceptors (Lipinski definition) is 7. The number of nitrogens with one attached hydrogen (secondary N) is 2. The number of carbonyl (C=O) groups is 1. The monoisotopic (exact) mass is 515 g/mol. The molecule has 35 heavy (non-hydrogen) atoms. The van der Waals surface area contributed by atoms with Gasteiger partial charge in [0, 0.05) is 44.6 Å². The van der Waals surface area contributed by atoms with Crippen LogP contribution in [-0.2, 0) is 0 Å². The van der Waals surface area contributed by atoms with Gasteiger partial charge in [-0.25, -0.2) is 9.37 Å². The first-order valence-electron chi connectivity index (χ1n) is 11.2. The molecule has 1 unspecified atom stereocenters. The van der Waals surface area contributed by atoms with Gasteiger partial charge in [0.25, 0.3) is 5.91 Å². The summed E-state index contributed by atoms with van der Waals surface area (Å²) >= 11 is 12.6. The predicted molar refractivity (Wildman–Crippen MR) is 138 cm³/mol. The maximum absolute atomic E-state index is 14.9. The quantitative estimate of drug-likeness (QED) is 0.528. The highest BCUT2D eigenvalue weighted by atomic mass is 35.5. The Kier molecular flexibility index (Phi) is 6.39. The van der Waals surface area contributed by atoms with E-state index in [0.717, 1.165) is 25.3 Å². The van der Waals surface area contributed by atoms with E-state index in [0.29, 0.717) is 33.2 Å². The maximum atomic E-state index is 14.9. The van der Waals surface area contributed by atoms with E-state index in [-0.39, 0.29) is 24.2 Å². The fourth-order valence-electron chi connectivity index (χ4n) is 4.37. The Bertz CT molecular complexity index is 1270. The van der Waals surface area contributed by atoms with Gasteiger partial charge in [0.1, 0.15) is 17.2 Å². The van der Waals surface area contributed by atoms with Crippen molar-refractivity contribution < 1.29 is 9.18 Å². The lowest BCUT2D eigenvalue weighted by molar-refractivity contribution is 0.0982. The van der Waals surface area contributed by atoms with Gasteiger partial charge in [-0.2, -0.15) is 4.98 Å². The smallest absolute Gasteiger partial charge is 0.265 e. The number of anilines is 5. The number of amides is 1. The zero-order valence-corrected chi connectivity index (χ0v) is 20.7. The number of halogens is 3. The van der Waals surface area contributed by atoms with Crippen LogP contribution in [0.15, 0.2) is 42.6 Å². The van der Waals surface area contributed by atoms with Crippen LogP contribution in [-0.4, -0.2) is 55.3 Å². The third-order valence-corrected chi connectivity index (χ3v) is 6.71. The second kappa shape index (κ2) is 9.49. The lowest BCUT2D eigenvalue weighted by Crippen LogP contribution is -2.49. The highest BCUT2D eigenvalue weighted by Crippen LogP contribution is 2.37. The number of piperazine rings is 1. The van der Waals surface area contributed by atoms with E-state index in [4.69, 9.17) is 23.2 Å². The lowest BCUT2D eigenvalue weighted by atomic mass is 10.2. The number of nitrogens with zero attached hydrogens (tertiary/aromatic N) is 5. The summed E-state index contributed by atoms with van der Waals surface area (Å²) in [7, 11) is 1.80. The summed E-state index contributed by atoms with van der Waals surface area (Å²) in [4.78, 5) is 27.4. The van der Waals surface area contributed by atoms with Crippen LogP contribution in [0.4, 0.5) is 33.2 Å². The third kappa shape index (κ3) is 4.59. The van der Waals surface area contributed by atoms with Gasteiger partial charge in [-0.3, -0.25) is 9.69 Å². The van der Waals surface area contributed by atoms with Gasteiger partial charge in [0.05, 0.1) is 28.1 Å². The molecule has 1 amide bonds. The zero-order chi connectivity index (χ0) is 24.7. The fraction of sp³-hybridized carbons (Fsp3) is 0.292. The van der Waals surface area contributed by atoms with Crippen molar-refractivity contribution in [3.05, 3.63) is 64.0 Å². The summed E-state index contributed by atoms with van der Waals surface area (Å²) in [6, 6.07) is 10.5. The van der Waals surface area contributed by atoms with Crippen molar-refractivity contribution in [1.29, 1.82) is 0 Å². The minimum absolute atomic E-state index is 0.190. The van der Waals surface area contributed by atoms with Gasteiger partial charge < -0.3 is 20.4 Å². The van der Waals surface area contributed by atoms with Gasteiger partial charge in [-0.15, -0.1) is 0 Å². The molecule has 0 radical (unpaired) electrons. The molecule has 1 fully saturated rings. The van der Waals surface area contributed by atoms with Crippen molar-refractivity contribution in [3.63, 3.8) is 0 Å². The molecule has 8 nitrogen and oxygen atoms in total. The van der Waals surface area contributed by atoms with E-state index in [1.807, 2.05) is 6.07 Å². The molecular formula is C24H24Cl2FN7O. The SMILES string of the molecule is CC1CN(c2ccc(Nc3ncc4c(n3)N(C)CN(c3c(Cl)cccc3Cl)C4=O)c(F)c2)CCN1. The van der Waals surface area contributed by atoms with Crippen LogP contribution in [0.2, 0.25) is 10.0 Å². The van der Waals surface area contributed by atoms with Crippen molar-refractivity contribution in [2.24, 2.45) is 0 Å². The molecule has 0 aliphatic carbocycles. The fourth-order valence-corrected chi connectivity index (χ4v) is 4.97. The molecule has 5 rings (SSSR count). The topological polar surface area (TPSA) is 76.6 Å². The minimum atomic E-state index is -0.404. The first kappa shape index (κ1) is 23.6. The number of para-hydroxylation sites is 1. The molecule has 2 N–H and O–H groups in total. The minimum Gasteiger partial charge on any atom is -0.369 e. The predicted octanol–water partition coefficient (Wildman–Crippen LogP) is 4.52. The lowest BCUT2D eigenvalue weighted by Gasteiger charge is -2.35. The molecular weight excluding hydrogens is 492 g/mol. The first-order valence-corrected chi connectivity index (χ1v) is 12.0. The van der Waals surface area contributed by atoms with Crippen molar-refractivity contribution in [2.75, 3.05) is 53.4 Å². The average Bonchev–Trinajstić information content (AvgIpc) is 2.83. The van der Waals surface area contributed by atoms with Crippen LogP contribution in [0.5, 0.6) is 0 Å². The van der Waals surface area contributed by atoms with Crippen LogP contribution in [0.1, 0.15) is 17.3 Å². The second-order valence-corrected chi connectivity index (χ2v) is 9.48. The van der Waals surface area contributed by atoms with Gasteiger partial charge in [-0.1, -0.05) is 29.3 Å². The number of hydrogen-bond donors (Lipinski definition) is 2. The van der Waals surface area contributed by atoms with Crippen LogP contribution in [0.3, 0.4) is 0 Å². The Morgan fingerprint density at radius 3 is 2.69 bits per heavy atom. The Labute approximate surface area is 212 Å². The van der Waals surface area contributed by atoms with Crippen molar-refractivity contribution in [1.82, 2.24) is 15.3 Å². The van der Waals surface area contributed by atoms with Gasteiger partial charge in [0.15, 0.2) is 0 Å². The summed E-state index contributed by atoms with van der Waals surface area (Å²) in [6.45, 7) is 4.80. The van der Waals surface area contributed by atoms with E-state index < -0.39 is 5.82 Å². The van der Waals surface area contributed by atoms with E-state index in [2.05, 4.69) is 32.4 Å². The summed E-state index contributed by atoms with van der Waals surface area (Å²) in [5.74, 6) is -0.103.